The average Bonchev–Trinajstić information content (AvgIpc) is 3.13. The average molecular weight is 425 g/mol. The van der Waals surface area contributed by atoms with Crippen LogP contribution in [-0.4, -0.2) is 53.1 Å². The van der Waals surface area contributed by atoms with Gasteiger partial charge in [-0.25, -0.2) is 4.79 Å². The standard InChI is InChI=1S/C20H19N5O6/c21-17(22)10-1-3-11(4-2-10)23-18(27)15(26)16-19(28)25(7-8-30-16)12-5-6-14-13(9-12)24-20(29)31-14/h1-6,9,15-16,26H,7-8H2,(H3,21,22)(H,23,27)(H,24,29)/t15-,16-/m1/s1. The Bertz CT molecular complexity index is 1210. The van der Waals surface area contributed by atoms with E-state index < -0.39 is 29.8 Å². The van der Waals surface area contributed by atoms with E-state index in [0.717, 1.165) is 0 Å². The van der Waals surface area contributed by atoms with Crippen molar-refractivity contribution in [1.29, 1.82) is 5.41 Å². The van der Waals surface area contributed by atoms with Crippen molar-refractivity contribution >= 4 is 40.1 Å². The molecule has 0 aliphatic carbocycles. The summed E-state index contributed by atoms with van der Waals surface area (Å²) in [5.74, 6) is -2.13. The number of nitrogen functional groups attached to an aromatic ring is 1. The van der Waals surface area contributed by atoms with Crippen LogP contribution in [0.15, 0.2) is 51.7 Å². The number of amidine groups is 1. The van der Waals surface area contributed by atoms with E-state index in [4.69, 9.17) is 20.3 Å². The predicted molar refractivity (Wildman–Crippen MR) is 111 cm³/mol. The Hall–Kier alpha value is -3.96. The van der Waals surface area contributed by atoms with Crippen LogP contribution in [0.25, 0.3) is 11.1 Å². The third-order valence-corrected chi connectivity index (χ3v) is 4.85. The number of ether oxygens (including phenoxy) is 1. The number of nitrogens with zero attached hydrogens (tertiary/aromatic N) is 1. The molecule has 0 spiro atoms. The Morgan fingerprint density at radius 1 is 1.26 bits per heavy atom. The third-order valence-electron chi connectivity index (χ3n) is 4.85. The molecule has 3 aromatic rings. The molecule has 0 bridgehead atoms. The van der Waals surface area contributed by atoms with Gasteiger partial charge in [-0.2, -0.15) is 0 Å². The lowest BCUT2D eigenvalue weighted by molar-refractivity contribution is -0.150. The number of aliphatic hydroxyl groups excluding tert-OH is 1. The van der Waals surface area contributed by atoms with Crippen molar-refractivity contribution in [3.8, 4) is 0 Å². The number of nitrogens with two attached hydrogens (primary N) is 1. The van der Waals surface area contributed by atoms with Gasteiger partial charge >= 0.3 is 5.76 Å². The lowest BCUT2D eigenvalue weighted by atomic mass is 10.1. The highest BCUT2D eigenvalue weighted by Gasteiger charge is 2.39. The van der Waals surface area contributed by atoms with E-state index in [2.05, 4.69) is 10.3 Å². The van der Waals surface area contributed by atoms with Crippen molar-refractivity contribution in [3.05, 3.63) is 58.6 Å². The maximum atomic E-state index is 12.9. The minimum absolute atomic E-state index is 0.105. The first kappa shape index (κ1) is 20.3. The number of hydrogen-bond acceptors (Lipinski definition) is 7. The smallest absolute Gasteiger partial charge is 0.408 e. The molecule has 6 N–H and O–H groups in total. The van der Waals surface area contributed by atoms with Gasteiger partial charge in [0.25, 0.3) is 11.8 Å². The zero-order valence-electron chi connectivity index (χ0n) is 16.1. The second kappa shape index (κ2) is 8.05. The molecule has 4 rings (SSSR count). The van der Waals surface area contributed by atoms with Gasteiger partial charge in [0.1, 0.15) is 5.84 Å². The van der Waals surface area contributed by atoms with Gasteiger partial charge in [-0.3, -0.25) is 20.0 Å². The van der Waals surface area contributed by atoms with Crippen molar-refractivity contribution in [3.63, 3.8) is 0 Å². The number of morpholine rings is 1. The van der Waals surface area contributed by atoms with Crippen LogP contribution < -0.4 is 21.7 Å². The third kappa shape index (κ3) is 4.04. The van der Waals surface area contributed by atoms with Gasteiger partial charge in [-0.1, -0.05) is 0 Å². The van der Waals surface area contributed by atoms with Crippen LogP contribution in [0, 0.1) is 5.41 Å². The topological polar surface area (TPSA) is 175 Å². The minimum Gasteiger partial charge on any atom is -0.408 e. The summed E-state index contributed by atoms with van der Waals surface area (Å²) in [4.78, 5) is 40.6. The largest absolute Gasteiger partial charge is 0.417 e. The number of nitrogens with one attached hydrogen (secondary N) is 3. The number of hydrogen-bond donors (Lipinski definition) is 5. The SMILES string of the molecule is N=C(N)c1ccc(NC(=O)[C@H](O)[C@H]2OCCN(c3ccc4oc(=O)[nH]c4c3)C2=O)cc1. The van der Waals surface area contributed by atoms with Crippen molar-refractivity contribution in [1.82, 2.24) is 4.98 Å². The van der Waals surface area contributed by atoms with E-state index >= 15 is 0 Å². The van der Waals surface area contributed by atoms with Crippen molar-refractivity contribution in [2.75, 3.05) is 23.4 Å². The zero-order chi connectivity index (χ0) is 22.1. The van der Waals surface area contributed by atoms with Crippen molar-refractivity contribution < 1.29 is 23.8 Å². The van der Waals surface area contributed by atoms with E-state index in [9.17, 15) is 19.5 Å². The summed E-state index contributed by atoms with van der Waals surface area (Å²) in [6.07, 6.45) is -3.15. The number of carbonyl (C=O) groups excluding carboxylic acids is 2. The molecule has 1 aliphatic heterocycles. The minimum atomic E-state index is -1.75. The predicted octanol–water partition coefficient (Wildman–Crippen LogP) is 0.137. The Morgan fingerprint density at radius 3 is 2.71 bits per heavy atom. The molecule has 1 aliphatic rings. The number of amides is 2. The van der Waals surface area contributed by atoms with Gasteiger partial charge < -0.3 is 30.2 Å². The van der Waals surface area contributed by atoms with Gasteiger partial charge in [-0.15, -0.1) is 0 Å². The second-order valence-electron chi connectivity index (χ2n) is 6.90. The number of oxazole rings is 1. The molecule has 1 fully saturated rings. The van der Waals surface area contributed by atoms with Crippen LogP contribution in [0.2, 0.25) is 0 Å². The number of aliphatic hydroxyl groups is 1. The molecule has 2 atom stereocenters. The summed E-state index contributed by atoms with van der Waals surface area (Å²) in [6, 6.07) is 10.9. The van der Waals surface area contributed by atoms with Crippen LogP contribution in [-0.2, 0) is 14.3 Å². The summed E-state index contributed by atoms with van der Waals surface area (Å²) in [7, 11) is 0. The molecule has 160 valence electrons. The van der Waals surface area contributed by atoms with Crippen LogP contribution in [0.4, 0.5) is 11.4 Å². The molecular formula is C20H19N5O6. The van der Waals surface area contributed by atoms with Gasteiger partial charge in [0, 0.05) is 23.5 Å². The lowest BCUT2D eigenvalue weighted by Gasteiger charge is -2.34. The van der Waals surface area contributed by atoms with Gasteiger partial charge in [0.2, 0.25) is 0 Å². The molecule has 0 saturated carbocycles. The lowest BCUT2D eigenvalue weighted by Crippen LogP contribution is -2.55. The zero-order valence-corrected chi connectivity index (χ0v) is 16.1. The molecule has 2 aromatic carbocycles. The van der Waals surface area contributed by atoms with E-state index in [1.807, 2.05) is 0 Å². The highest BCUT2D eigenvalue weighted by molar-refractivity contribution is 6.04. The van der Waals surface area contributed by atoms with E-state index in [1.165, 1.54) is 17.0 Å². The van der Waals surface area contributed by atoms with E-state index in [-0.39, 0.29) is 19.0 Å². The molecule has 11 heteroatoms. The van der Waals surface area contributed by atoms with Crippen LogP contribution in [0.5, 0.6) is 0 Å². The maximum absolute atomic E-state index is 12.9. The number of fused-ring (bicyclic) bond motifs is 1. The fourth-order valence-electron chi connectivity index (χ4n) is 3.28. The first-order chi connectivity index (χ1) is 14.8. The number of rotatable bonds is 5. The summed E-state index contributed by atoms with van der Waals surface area (Å²) in [5.41, 5.74) is 7.48. The highest BCUT2D eigenvalue weighted by atomic mass is 16.5. The molecular weight excluding hydrogens is 406 g/mol. The Kier molecular flexibility index (Phi) is 5.28. The van der Waals surface area contributed by atoms with E-state index in [0.29, 0.717) is 28.0 Å². The molecule has 1 saturated heterocycles. The first-order valence-electron chi connectivity index (χ1n) is 9.33. The molecule has 1 aromatic heterocycles. The summed E-state index contributed by atoms with van der Waals surface area (Å²) in [5, 5.41) is 20.3. The Labute approximate surface area is 174 Å². The summed E-state index contributed by atoms with van der Waals surface area (Å²) < 4.78 is 10.3. The maximum Gasteiger partial charge on any atom is 0.417 e. The van der Waals surface area contributed by atoms with Gasteiger partial charge in [-0.05, 0) is 42.5 Å². The number of aromatic nitrogens is 1. The van der Waals surface area contributed by atoms with Gasteiger partial charge in [0.05, 0.1) is 12.1 Å². The van der Waals surface area contributed by atoms with Crippen molar-refractivity contribution in [2.24, 2.45) is 5.73 Å². The Balaban J connectivity index is 1.48. The summed E-state index contributed by atoms with van der Waals surface area (Å²) >= 11 is 0. The van der Waals surface area contributed by atoms with Crippen LogP contribution in [0.1, 0.15) is 5.56 Å². The number of anilines is 2. The van der Waals surface area contributed by atoms with Crippen LogP contribution in [0.3, 0.4) is 0 Å². The van der Waals surface area contributed by atoms with Crippen LogP contribution >= 0.6 is 0 Å². The molecule has 0 unspecified atom stereocenters. The van der Waals surface area contributed by atoms with Gasteiger partial charge in [0.15, 0.2) is 17.8 Å². The normalized spacial score (nSPS) is 17.5. The highest BCUT2D eigenvalue weighted by Crippen LogP contribution is 2.24. The molecule has 2 amide bonds. The first-order valence-corrected chi connectivity index (χ1v) is 9.33. The number of aromatic amines is 1. The number of carbonyl (C=O) groups is 2. The molecule has 2 heterocycles. The summed E-state index contributed by atoms with van der Waals surface area (Å²) in [6.45, 7) is 0.317. The number of benzene rings is 2. The quantitative estimate of drug-likeness (QED) is 0.285. The Morgan fingerprint density at radius 2 is 2.00 bits per heavy atom. The molecule has 31 heavy (non-hydrogen) atoms. The van der Waals surface area contributed by atoms with E-state index in [1.54, 1.807) is 30.3 Å². The van der Waals surface area contributed by atoms with Crippen molar-refractivity contribution in [2.45, 2.75) is 12.2 Å². The molecule has 0 radical (unpaired) electrons. The molecule has 11 nitrogen and oxygen atoms in total. The second-order valence-corrected chi connectivity index (χ2v) is 6.90. The fourth-order valence-corrected chi connectivity index (χ4v) is 3.28. The monoisotopic (exact) mass is 425 g/mol. The fraction of sp³-hybridized carbons (Fsp3) is 0.200. The number of H-pyrrole nitrogens is 1.